The van der Waals surface area contributed by atoms with Gasteiger partial charge in [-0.15, -0.1) is 0 Å². The summed E-state index contributed by atoms with van der Waals surface area (Å²) in [6.45, 7) is 2.79. The van der Waals surface area contributed by atoms with Crippen molar-refractivity contribution in [3.8, 4) is 5.75 Å². The molecular weight excluding hydrogens is 176 g/mol. The zero-order chi connectivity index (χ0) is 8.55. The van der Waals surface area contributed by atoms with Crippen molar-refractivity contribution in [2.45, 2.75) is 13.0 Å². The van der Waals surface area contributed by atoms with Crippen LogP contribution in [-0.2, 0) is 0 Å². The predicted octanol–water partition coefficient (Wildman–Crippen LogP) is 1.93. The van der Waals surface area contributed by atoms with E-state index in [0.29, 0.717) is 5.02 Å². The van der Waals surface area contributed by atoms with Gasteiger partial charge in [0.15, 0.2) is 5.75 Å². The van der Waals surface area contributed by atoms with Crippen molar-refractivity contribution in [3.63, 3.8) is 0 Å². The predicted molar refractivity (Wildman–Crippen MR) is 47.8 cm³/mol. The Morgan fingerprint density at radius 1 is 1.67 bits per heavy atom. The van der Waals surface area contributed by atoms with E-state index in [2.05, 4.69) is 10.3 Å². The molecule has 1 aliphatic rings. The van der Waals surface area contributed by atoms with Crippen LogP contribution >= 0.6 is 11.6 Å². The van der Waals surface area contributed by atoms with E-state index in [-0.39, 0.29) is 6.10 Å². The van der Waals surface area contributed by atoms with Gasteiger partial charge in [0.25, 0.3) is 0 Å². The highest BCUT2D eigenvalue weighted by Gasteiger charge is 2.17. The van der Waals surface area contributed by atoms with Crippen LogP contribution in [0.4, 0.5) is 5.69 Å². The molecule has 3 nitrogen and oxygen atoms in total. The molecule has 1 aliphatic heterocycles. The van der Waals surface area contributed by atoms with Crippen LogP contribution < -0.4 is 10.1 Å². The summed E-state index contributed by atoms with van der Waals surface area (Å²) in [6.07, 6.45) is 3.45. The smallest absolute Gasteiger partial charge is 0.162 e. The topological polar surface area (TPSA) is 34.2 Å². The van der Waals surface area contributed by atoms with Crippen LogP contribution in [-0.4, -0.2) is 17.6 Å². The van der Waals surface area contributed by atoms with Crippen LogP contribution in [0.2, 0.25) is 5.02 Å². The van der Waals surface area contributed by atoms with Crippen molar-refractivity contribution in [2.24, 2.45) is 0 Å². The van der Waals surface area contributed by atoms with Gasteiger partial charge < -0.3 is 10.1 Å². The Labute approximate surface area is 75.7 Å². The molecule has 1 atom stereocenters. The summed E-state index contributed by atoms with van der Waals surface area (Å²) in [7, 11) is 0. The van der Waals surface area contributed by atoms with E-state index in [9.17, 15) is 0 Å². The maximum Gasteiger partial charge on any atom is 0.162 e. The molecule has 0 saturated heterocycles. The van der Waals surface area contributed by atoms with Gasteiger partial charge in [-0.3, -0.25) is 4.98 Å². The van der Waals surface area contributed by atoms with Gasteiger partial charge in [0.2, 0.25) is 0 Å². The number of pyridine rings is 1. The largest absolute Gasteiger partial charge is 0.485 e. The normalized spacial score (nSPS) is 20.7. The fourth-order valence-corrected chi connectivity index (χ4v) is 1.40. The third-order valence-corrected chi connectivity index (χ3v) is 2.05. The lowest BCUT2D eigenvalue weighted by Gasteiger charge is -2.24. The van der Waals surface area contributed by atoms with Crippen LogP contribution in [0, 0.1) is 0 Å². The Hall–Kier alpha value is -0.960. The van der Waals surface area contributed by atoms with E-state index in [1.807, 2.05) is 6.92 Å². The Morgan fingerprint density at radius 3 is 3.33 bits per heavy atom. The number of nitrogens with zero attached hydrogens (tertiary/aromatic N) is 1. The van der Waals surface area contributed by atoms with Gasteiger partial charge in [-0.25, -0.2) is 0 Å². The number of hydrogen-bond acceptors (Lipinski definition) is 3. The minimum Gasteiger partial charge on any atom is -0.485 e. The fourth-order valence-electron chi connectivity index (χ4n) is 1.18. The van der Waals surface area contributed by atoms with Gasteiger partial charge in [-0.05, 0) is 6.92 Å². The van der Waals surface area contributed by atoms with Crippen molar-refractivity contribution >= 4 is 17.3 Å². The number of anilines is 1. The molecule has 12 heavy (non-hydrogen) atoms. The number of nitrogens with one attached hydrogen (secondary N) is 1. The number of ether oxygens (including phenoxy) is 1. The molecule has 0 spiro atoms. The molecule has 0 radical (unpaired) electrons. The van der Waals surface area contributed by atoms with Gasteiger partial charge in [-0.2, -0.15) is 0 Å². The molecule has 64 valence electrons. The first-order valence-electron chi connectivity index (χ1n) is 3.81. The van der Waals surface area contributed by atoms with E-state index in [0.717, 1.165) is 18.0 Å². The van der Waals surface area contributed by atoms with Gasteiger partial charge in [0.05, 0.1) is 23.5 Å². The van der Waals surface area contributed by atoms with Crippen molar-refractivity contribution in [1.29, 1.82) is 0 Å². The number of rotatable bonds is 0. The van der Waals surface area contributed by atoms with Crippen LogP contribution in [0.5, 0.6) is 5.75 Å². The second kappa shape index (κ2) is 2.83. The second-order valence-corrected chi connectivity index (χ2v) is 3.21. The third kappa shape index (κ3) is 1.20. The molecule has 1 N–H and O–H groups in total. The minimum absolute atomic E-state index is 0.178. The molecule has 0 fully saturated rings. The lowest BCUT2D eigenvalue weighted by Crippen LogP contribution is -2.27. The van der Waals surface area contributed by atoms with Gasteiger partial charge >= 0.3 is 0 Å². The fraction of sp³-hybridized carbons (Fsp3) is 0.375. The van der Waals surface area contributed by atoms with Crippen molar-refractivity contribution in [1.82, 2.24) is 4.98 Å². The van der Waals surface area contributed by atoms with Crippen LogP contribution in [0.15, 0.2) is 12.4 Å². The molecule has 1 unspecified atom stereocenters. The summed E-state index contributed by atoms with van der Waals surface area (Å²) in [4.78, 5) is 3.94. The SMILES string of the molecule is CC1CNc2c(Cl)cncc2O1. The molecule has 2 rings (SSSR count). The molecule has 1 aromatic rings. The number of aromatic nitrogens is 1. The third-order valence-electron chi connectivity index (χ3n) is 1.76. The Morgan fingerprint density at radius 2 is 2.50 bits per heavy atom. The molecule has 0 aromatic carbocycles. The van der Waals surface area contributed by atoms with Crippen LogP contribution in [0.1, 0.15) is 6.92 Å². The summed E-state index contributed by atoms with van der Waals surface area (Å²) in [6, 6.07) is 0. The number of hydrogen-bond donors (Lipinski definition) is 1. The first kappa shape index (κ1) is 7.68. The monoisotopic (exact) mass is 184 g/mol. The summed E-state index contributed by atoms with van der Waals surface area (Å²) in [5, 5.41) is 3.79. The van der Waals surface area contributed by atoms with E-state index in [1.54, 1.807) is 12.4 Å². The first-order valence-corrected chi connectivity index (χ1v) is 4.19. The summed E-state index contributed by atoms with van der Waals surface area (Å²) >= 11 is 5.88. The summed E-state index contributed by atoms with van der Waals surface area (Å²) in [5.74, 6) is 0.737. The maximum atomic E-state index is 5.88. The highest BCUT2D eigenvalue weighted by Crippen LogP contribution is 2.33. The van der Waals surface area contributed by atoms with Crippen molar-refractivity contribution < 1.29 is 4.74 Å². The Kier molecular flexibility index (Phi) is 1.81. The average molecular weight is 185 g/mol. The lowest BCUT2D eigenvalue weighted by molar-refractivity contribution is 0.225. The molecule has 0 bridgehead atoms. The van der Waals surface area contributed by atoms with Crippen LogP contribution in [0.3, 0.4) is 0 Å². The van der Waals surface area contributed by atoms with Crippen molar-refractivity contribution in [2.75, 3.05) is 11.9 Å². The second-order valence-electron chi connectivity index (χ2n) is 2.80. The molecule has 0 amide bonds. The molecule has 0 saturated carbocycles. The molecule has 0 aliphatic carbocycles. The summed E-state index contributed by atoms with van der Waals surface area (Å²) in [5.41, 5.74) is 0.852. The number of halogens is 1. The zero-order valence-electron chi connectivity index (χ0n) is 6.67. The van der Waals surface area contributed by atoms with Crippen LogP contribution in [0.25, 0.3) is 0 Å². The zero-order valence-corrected chi connectivity index (χ0v) is 7.43. The molecule has 1 aromatic heterocycles. The van der Waals surface area contributed by atoms with E-state index >= 15 is 0 Å². The summed E-state index contributed by atoms with van der Waals surface area (Å²) < 4.78 is 5.50. The van der Waals surface area contributed by atoms with Crippen molar-refractivity contribution in [3.05, 3.63) is 17.4 Å². The standard InChI is InChI=1S/C8H9ClN2O/c1-5-2-11-8-6(9)3-10-4-7(8)12-5/h3-5,11H,2H2,1H3. The van der Waals surface area contributed by atoms with Gasteiger partial charge in [-0.1, -0.05) is 11.6 Å². The van der Waals surface area contributed by atoms with Gasteiger partial charge in [0.1, 0.15) is 6.10 Å². The Bertz CT molecular complexity index is 303. The first-order chi connectivity index (χ1) is 5.77. The molecule has 4 heteroatoms. The van der Waals surface area contributed by atoms with Gasteiger partial charge in [0, 0.05) is 6.20 Å². The highest BCUT2D eigenvalue weighted by molar-refractivity contribution is 6.33. The molecular formula is C8H9ClN2O. The number of fused-ring (bicyclic) bond motifs is 1. The molecule has 2 heterocycles. The van der Waals surface area contributed by atoms with E-state index < -0.39 is 0 Å². The maximum absolute atomic E-state index is 5.88. The highest BCUT2D eigenvalue weighted by atomic mass is 35.5. The average Bonchev–Trinajstić information content (AvgIpc) is 2.04. The lowest BCUT2D eigenvalue weighted by atomic mass is 10.3. The Balaban J connectivity index is 2.42. The quantitative estimate of drug-likeness (QED) is 0.669. The van der Waals surface area contributed by atoms with E-state index in [4.69, 9.17) is 16.3 Å². The minimum atomic E-state index is 0.178. The van der Waals surface area contributed by atoms with E-state index in [1.165, 1.54) is 0 Å².